The molecule has 0 aliphatic carbocycles. The van der Waals surface area contributed by atoms with Crippen LogP contribution in [0.5, 0.6) is 5.75 Å². The Hall–Kier alpha value is -2.04. The molecule has 25 heavy (non-hydrogen) atoms. The van der Waals surface area contributed by atoms with Crippen LogP contribution in [0, 0.1) is 0 Å². The summed E-state index contributed by atoms with van der Waals surface area (Å²) in [5, 5.41) is 0.592. The molecular formula is C20H20ClNO3. The van der Waals surface area contributed by atoms with Crippen LogP contribution in [0.25, 0.3) is 0 Å². The summed E-state index contributed by atoms with van der Waals surface area (Å²) in [5.74, 6) is 1.10. The van der Waals surface area contributed by atoms with E-state index in [2.05, 4.69) is 0 Å². The molecule has 1 unspecified atom stereocenters. The van der Waals surface area contributed by atoms with Crippen LogP contribution in [0.2, 0.25) is 5.02 Å². The third-order valence-corrected chi connectivity index (χ3v) is 5.05. The Morgan fingerprint density at radius 2 is 1.96 bits per heavy atom. The minimum absolute atomic E-state index is 0.0294. The summed E-state index contributed by atoms with van der Waals surface area (Å²) >= 11 is 6.09. The number of halogens is 1. The number of benzene rings is 2. The molecule has 1 fully saturated rings. The molecule has 2 aliphatic rings. The normalized spacial score (nSPS) is 19.9. The third-order valence-electron chi connectivity index (χ3n) is 4.82. The first-order valence-electron chi connectivity index (χ1n) is 8.64. The second kappa shape index (κ2) is 7.06. The van der Waals surface area contributed by atoms with Crippen LogP contribution in [0.15, 0.2) is 42.5 Å². The molecular weight excluding hydrogens is 338 g/mol. The minimum atomic E-state index is -0.0294. The van der Waals surface area contributed by atoms with Crippen molar-refractivity contribution in [3.63, 3.8) is 0 Å². The fraction of sp³-hybridized carbons (Fsp3) is 0.350. The molecule has 2 aliphatic heterocycles. The topological polar surface area (TPSA) is 38.8 Å². The molecule has 0 bridgehead atoms. The van der Waals surface area contributed by atoms with Crippen molar-refractivity contribution in [1.29, 1.82) is 0 Å². The number of hydrogen-bond acceptors (Lipinski definition) is 3. The van der Waals surface area contributed by atoms with Crippen molar-refractivity contribution in [3.8, 4) is 5.75 Å². The molecule has 1 amide bonds. The summed E-state index contributed by atoms with van der Waals surface area (Å²) in [4.78, 5) is 14.7. The number of hydrogen-bond donors (Lipinski definition) is 0. The van der Waals surface area contributed by atoms with Gasteiger partial charge in [0, 0.05) is 23.1 Å². The van der Waals surface area contributed by atoms with E-state index >= 15 is 0 Å². The molecule has 4 nitrogen and oxygen atoms in total. The maximum Gasteiger partial charge on any atom is 0.258 e. The Labute approximate surface area is 152 Å². The van der Waals surface area contributed by atoms with E-state index in [1.807, 2.05) is 30.3 Å². The molecule has 0 radical (unpaired) electrons. The molecule has 0 N–H and O–H groups in total. The molecule has 4 rings (SSSR count). The van der Waals surface area contributed by atoms with E-state index < -0.39 is 0 Å². The lowest BCUT2D eigenvalue weighted by Crippen LogP contribution is -2.37. The molecule has 5 heteroatoms. The first kappa shape index (κ1) is 16.4. The molecule has 2 heterocycles. The first-order chi connectivity index (χ1) is 12.2. The van der Waals surface area contributed by atoms with E-state index in [-0.39, 0.29) is 5.91 Å². The van der Waals surface area contributed by atoms with Gasteiger partial charge in [-0.15, -0.1) is 0 Å². The van der Waals surface area contributed by atoms with Gasteiger partial charge in [-0.3, -0.25) is 4.79 Å². The Bertz CT molecular complexity index is 769. The van der Waals surface area contributed by atoms with Gasteiger partial charge in [-0.05, 0) is 48.7 Å². The molecule has 0 aromatic heterocycles. The van der Waals surface area contributed by atoms with Gasteiger partial charge in [-0.1, -0.05) is 23.7 Å². The van der Waals surface area contributed by atoms with Gasteiger partial charge in [0.15, 0.2) is 0 Å². The molecule has 0 saturated carbocycles. The Morgan fingerprint density at radius 1 is 1.12 bits per heavy atom. The zero-order chi connectivity index (χ0) is 17.2. The molecule has 1 saturated heterocycles. The highest BCUT2D eigenvalue weighted by molar-refractivity contribution is 6.31. The van der Waals surface area contributed by atoms with Crippen LogP contribution < -0.4 is 9.64 Å². The quantitative estimate of drug-likeness (QED) is 0.805. The van der Waals surface area contributed by atoms with E-state index in [9.17, 15) is 4.79 Å². The van der Waals surface area contributed by atoms with Gasteiger partial charge < -0.3 is 14.4 Å². The molecule has 130 valence electrons. The van der Waals surface area contributed by atoms with Gasteiger partial charge in [-0.2, -0.15) is 0 Å². The lowest BCUT2D eigenvalue weighted by atomic mass is 9.93. The monoisotopic (exact) mass is 357 g/mol. The summed E-state index contributed by atoms with van der Waals surface area (Å²) in [6, 6.07) is 13.3. The Balaban J connectivity index is 1.56. The van der Waals surface area contributed by atoms with Crippen molar-refractivity contribution in [1.82, 2.24) is 0 Å². The van der Waals surface area contributed by atoms with E-state index in [1.54, 1.807) is 17.0 Å². The van der Waals surface area contributed by atoms with Gasteiger partial charge in [0.25, 0.3) is 5.91 Å². The van der Waals surface area contributed by atoms with Crippen molar-refractivity contribution in [2.75, 3.05) is 31.3 Å². The molecule has 2 aromatic carbocycles. The molecule has 2 aromatic rings. The number of carbonyl (C=O) groups excluding carboxylic acids is 1. The van der Waals surface area contributed by atoms with Crippen LogP contribution in [0.4, 0.5) is 5.69 Å². The number of nitrogens with zero attached hydrogens (tertiary/aromatic N) is 1. The fourth-order valence-electron chi connectivity index (χ4n) is 3.46. The van der Waals surface area contributed by atoms with Crippen LogP contribution in [-0.4, -0.2) is 32.3 Å². The van der Waals surface area contributed by atoms with Crippen molar-refractivity contribution in [2.24, 2.45) is 0 Å². The number of rotatable bonds is 2. The lowest BCUT2D eigenvalue weighted by molar-refractivity contribution is 0.0804. The Kier molecular flexibility index (Phi) is 4.64. The van der Waals surface area contributed by atoms with Crippen molar-refractivity contribution in [3.05, 3.63) is 58.6 Å². The van der Waals surface area contributed by atoms with E-state index in [4.69, 9.17) is 21.1 Å². The number of carbonyl (C=O) groups is 1. The maximum atomic E-state index is 13.0. The average Bonchev–Trinajstić information content (AvgIpc) is 2.68. The first-order valence-corrected chi connectivity index (χ1v) is 9.02. The molecule has 0 spiro atoms. The number of fused-ring (bicyclic) bond motifs is 1. The standard InChI is InChI=1S/C20H20ClNO3/c21-17-7-8-19-18(12-17)22(9-11-25-19)20(23)15-5-3-14(4-6-15)16-2-1-10-24-13-16/h3-8,12,16H,1-2,9-11,13H2. The predicted octanol–water partition coefficient (Wildman–Crippen LogP) is 4.27. The second-order valence-electron chi connectivity index (χ2n) is 6.45. The summed E-state index contributed by atoms with van der Waals surface area (Å²) in [5.41, 5.74) is 2.64. The van der Waals surface area contributed by atoms with Crippen LogP contribution >= 0.6 is 11.6 Å². The van der Waals surface area contributed by atoms with Crippen molar-refractivity contribution < 1.29 is 14.3 Å². The number of ether oxygens (including phenoxy) is 2. The lowest BCUT2D eigenvalue weighted by Gasteiger charge is -2.30. The fourth-order valence-corrected chi connectivity index (χ4v) is 3.63. The van der Waals surface area contributed by atoms with Gasteiger partial charge in [0.2, 0.25) is 0 Å². The summed E-state index contributed by atoms with van der Waals surface area (Å²) in [7, 11) is 0. The van der Waals surface area contributed by atoms with Crippen LogP contribution in [-0.2, 0) is 4.74 Å². The van der Waals surface area contributed by atoms with Gasteiger partial charge >= 0.3 is 0 Å². The highest BCUT2D eigenvalue weighted by Crippen LogP contribution is 2.35. The van der Waals surface area contributed by atoms with Gasteiger partial charge in [0.05, 0.1) is 18.8 Å². The smallest absolute Gasteiger partial charge is 0.258 e. The van der Waals surface area contributed by atoms with E-state index in [0.717, 1.165) is 31.7 Å². The maximum absolute atomic E-state index is 13.0. The molecule has 1 atom stereocenters. The minimum Gasteiger partial charge on any atom is -0.490 e. The van der Waals surface area contributed by atoms with Gasteiger partial charge in [-0.25, -0.2) is 0 Å². The third kappa shape index (κ3) is 3.37. The van der Waals surface area contributed by atoms with Crippen molar-refractivity contribution >= 4 is 23.2 Å². The zero-order valence-electron chi connectivity index (χ0n) is 13.9. The summed E-state index contributed by atoms with van der Waals surface area (Å²) in [6.07, 6.45) is 2.24. The highest BCUT2D eigenvalue weighted by atomic mass is 35.5. The summed E-state index contributed by atoms with van der Waals surface area (Å²) < 4.78 is 11.2. The van der Waals surface area contributed by atoms with Crippen molar-refractivity contribution in [2.45, 2.75) is 18.8 Å². The average molecular weight is 358 g/mol. The number of amides is 1. The SMILES string of the molecule is O=C(c1ccc(C2CCCOC2)cc1)N1CCOc2ccc(Cl)cc21. The summed E-state index contributed by atoms with van der Waals surface area (Å²) in [6.45, 7) is 2.62. The zero-order valence-corrected chi connectivity index (χ0v) is 14.7. The highest BCUT2D eigenvalue weighted by Gasteiger charge is 2.25. The largest absolute Gasteiger partial charge is 0.490 e. The Morgan fingerprint density at radius 3 is 2.72 bits per heavy atom. The van der Waals surface area contributed by atoms with Crippen LogP contribution in [0.3, 0.4) is 0 Å². The van der Waals surface area contributed by atoms with Crippen LogP contribution in [0.1, 0.15) is 34.7 Å². The predicted molar refractivity (Wildman–Crippen MR) is 97.9 cm³/mol. The van der Waals surface area contributed by atoms with E-state index in [0.29, 0.717) is 35.4 Å². The van der Waals surface area contributed by atoms with E-state index in [1.165, 1.54) is 5.56 Å². The second-order valence-corrected chi connectivity index (χ2v) is 6.89. The van der Waals surface area contributed by atoms with Gasteiger partial charge in [0.1, 0.15) is 12.4 Å². The number of anilines is 1.